The molecular weight excluding hydrogens is 432 g/mol. The molecule has 1 atom stereocenters. The summed E-state index contributed by atoms with van der Waals surface area (Å²) in [4.78, 5) is 0. The minimum Gasteiger partial charge on any atom is -0.385 e. The second kappa shape index (κ2) is 6.54. The van der Waals surface area contributed by atoms with E-state index in [2.05, 4.69) is 0 Å². The topological polar surface area (TPSA) is 20.2 Å². The Morgan fingerprint density at radius 3 is 1.91 bits per heavy atom. The summed E-state index contributed by atoms with van der Waals surface area (Å²) in [5, 5.41) is 12.3. The zero-order chi connectivity index (χ0) is 16.8. The van der Waals surface area contributed by atoms with Gasteiger partial charge in [0.2, 0.25) is 3.79 Å². The molecule has 0 amide bonds. The molecule has 2 aromatic carbocycles. The van der Waals surface area contributed by atoms with Gasteiger partial charge in [-0.25, -0.2) is 0 Å². The van der Waals surface area contributed by atoms with Crippen molar-refractivity contribution in [3.8, 4) is 0 Å². The van der Waals surface area contributed by atoms with Crippen LogP contribution in [0.3, 0.4) is 0 Å². The first-order chi connectivity index (χ1) is 10.00. The normalized spacial score (nSPS) is 15.1. The molecule has 0 aliphatic rings. The van der Waals surface area contributed by atoms with E-state index in [1.807, 2.05) is 24.3 Å². The number of alkyl halides is 7. The maximum atomic E-state index is 10.6. The molecule has 1 N–H and O–H groups in total. The highest BCUT2D eigenvalue weighted by atomic mass is 35.6. The molecule has 0 saturated heterocycles. The zero-order valence-electron chi connectivity index (χ0n) is 10.7. The Kier molecular flexibility index (Phi) is 5.65. The van der Waals surface area contributed by atoms with E-state index in [0.29, 0.717) is 5.56 Å². The summed E-state index contributed by atoms with van der Waals surface area (Å²) in [6.45, 7) is 0. The van der Waals surface area contributed by atoms with Gasteiger partial charge in [0.05, 0.1) is 0 Å². The average molecular weight is 441 g/mol. The van der Waals surface area contributed by atoms with Gasteiger partial charge in [-0.1, -0.05) is 124 Å². The fourth-order valence-corrected chi connectivity index (χ4v) is 3.51. The van der Waals surface area contributed by atoms with Gasteiger partial charge in [-0.05, 0) is 16.3 Å². The number of hydrogen-bond donors (Lipinski definition) is 1. The molecule has 0 saturated carbocycles. The summed E-state index contributed by atoms with van der Waals surface area (Å²) >= 11 is 41.7. The minimum absolute atomic E-state index is 0.419. The van der Waals surface area contributed by atoms with Gasteiger partial charge in [-0.3, -0.25) is 0 Å². The lowest BCUT2D eigenvalue weighted by Gasteiger charge is -2.40. The Labute approximate surface area is 162 Å². The van der Waals surface area contributed by atoms with Crippen LogP contribution in [-0.4, -0.2) is 17.6 Å². The van der Waals surface area contributed by atoms with Crippen LogP contribution in [0.5, 0.6) is 0 Å². The van der Waals surface area contributed by atoms with Gasteiger partial charge in [0, 0.05) is 0 Å². The summed E-state index contributed by atoms with van der Waals surface area (Å²) < 4.78 is -6.65. The number of halogens is 7. The Hall–Kier alpha value is 0.690. The van der Waals surface area contributed by atoms with Crippen molar-refractivity contribution in [3.63, 3.8) is 0 Å². The number of rotatable bonds is 3. The second-order valence-electron chi connectivity index (χ2n) is 4.67. The Bertz CT molecular complexity index is 673. The fourth-order valence-electron chi connectivity index (χ4n) is 2.04. The molecule has 0 fully saturated rings. The quantitative estimate of drug-likeness (QED) is 0.533. The molecule has 0 aromatic heterocycles. The standard InChI is InChI=1S/C14H9Cl7O/c15-12(16,13(17,18)14(19,20)21)11(22)10-7-3-5-8-4-1-2-6-9(8)10/h1-7,11,22H. The number of hydrogen-bond acceptors (Lipinski definition) is 1. The van der Waals surface area contributed by atoms with Crippen LogP contribution in [0.4, 0.5) is 0 Å². The van der Waals surface area contributed by atoms with Crippen molar-refractivity contribution in [1.82, 2.24) is 0 Å². The van der Waals surface area contributed by atoms with Crippen molar-refractivity contribution in [1.29, 1.82) is 0 Å². The van der Waals surface area contributed by atoms with Gasteiger partial charge in [0.25, 0.3) is 0 Å². The Morgan fingerprint density at radius 1 is 0.773 bits per heavy atom. The Morgan fingerprint density at radius 2 is 1.32 bits per heavy atom. The molecule has 0 spiro atoms. The van der Waals surface area contributed by atoms with E-state index in [1.54, 1.807) is 18.2 Å². The second-order valence-corrected chi connectivity index (χ2v) is 9.66. The van der Waals surface area contributed by atoms with E-state index in [0.717, 1.165) is 10.8 Å². The monoisotopic (exact) mass is 438 g/mol. The first kappa shape index (κ1) is 19.0. The molecule has 1 unspecified atom stereocenters. The SMILES string of the molecule is OC(c1cccc2ccccc12)C(Cl)(Cl)C(Cl)(Cl)C(Cl)(Cl)Cl. The van der Waals surface area contributed by atoms with Crippen LogP contribution in [0.15, 0.2) is 42.5 Å². The maximum absolute atomic E-state index is 10.6. The first-order valence-corrected chi connectivity index (χ1v) is 8.63. The number of aliphatic hydroxyl groups is 1. The first-order valence-electron chi connectivity index (χ1n) is 5.98. The lowest BCUT2D eigenvalue weighted by Crippen LogP contribution is -2.50. The molecule has 0 aliphatic carbocycles. The molecule has 120 valence electrons. The summed E-state index contributed by atoms with van der Waals surface area (Å²) in [6.07, 6.45) is -1.49. The third-order valence-electron chi connectivity index (χ3n) is 3.24. The van der Waals surface area contributed by atoms with E-state index in [9.17, 15) is 5.11 Å². The number of fused-ring (bicyclic) bond motifs is 1. The van der Waals surface area contributed by atoms with Gasteiger partial charge < -0.3 is 5.11 Å². The summed E-state index contributed by atoms with van der Waals surface area (Å²) in [6, 6.07) is 12.6. The van der Waals surface area contributed by atoms with E-state index in [-0.39, 0.29) is 0 Å². The van der Waals surface area contributed by atoms with Crippen molar-refractivity contribution in [3.05, 3.63) is 48.0 Å². The lowest BCUT2D eigenvalue weighted by molar-refractivity contribution is 0.152. The van der Waals surface area contributed by atoms with Gasteiger partial charge in [0.15, 0.2) is 8.67 Å². The molecule has 22 heavy (non-hydrogen) atoms. The van der Waals surface area contributed by atoms with Crippen LogP contribution in [0, 0.1) is 0 Å². The van der Waals surface area contributed by atoms with Crippen LogP contribution in [0.25, 0.3) is 10.8 Å². The molecule has 1 nitrogen and oxygen atoms in total. The fraction of sp³-hybridized carbons (Fsp3) is 0.286. The van der Waals surface area contributed by atoms with Gasteiger partial charge in [0.1, 0.15) is 6.10 Å². The van der Waals surface area contributed by atoms with E-state index < -0.39 is 18.6 Å². The van der Waals surface area contributed by atoms with Crippen LogP contribution >= 0.6 is 81.2 Å². The van der Waals surface area contributed by atoms with Gasteiger partial charge in [-0.2, -0.15) is 0 Å². The largest absolute Gasteiger partial charge is 0.385 e. The van der Waals surface area contributed by atoms with Crippen molar-refractivity contribution in [2.75, 3.05) is 0 Å². The summed E-state index contributed by atoms with van der Waals surface area (Å²) in [5.74, 6) is 0. The van der Waals surface area contributed by atoms with Crippen molar-refractivity contribution >= 4 is 92.0 Å². The molecule has 8 heteroatoms. The maximum Gasteiger partial charge on any atom is 0.226 e. The van der Waals surface area contributed by atoms with Gasteiger partial charge in [-0.15, -0.1) is 0 Å². The molecule has 2 rings (SSSR count). The average Bonchev–Trinajstić information content (AvgIpc) is 2.44. The van der Waals surface area contributed by atoms with Crippen molar-refractivity contribution < 1.29 is 5.11 Å². The summed E-state index contributed by atoms with van der Waals surface area (Å²) in [5.41, 5.74) is 0.419. The minimum atomic E-state index is -2.26. The Balaban J connectivity index is 2.56. The van der Waals surface area contributed by atoms with Crippen LogP contribution in [0.1, 0.15) is 11.7 Å². The van der Waals surface area contributed by atoms with Crippen LogP contribution < -0.4 is 0 Å². The highest BCUT2D eigenvalue weighted by Crippen LogP contribution is 2.60. The lowest BCUT2D eigenvalue weighted by atomic mass is 9.97. The molecular formula is C14H9Cl7O. The molecule has 2 aromatic rings. The highest BCUT2D eigenvalue weighted by Gasteiger charge is 2.63. The predicted molar refractivity (Wildman–Crippen MR) is 98.1 cm³/mol. The van der Waals surface area contributed by atoms with E-state index in [1.165, 1.54) is 0 Å². The predicted octanol–water partition coefficient (Wildman–Crippen LogP) is 6.59. The summed E-state index contributed by atoms with van der Waals surface area (Å²) in [7, 11) is 0. The van der Waals surface area contributed by atoms with Gasteiger partial charge >= 0.3 is 0 Å². The van der Waals surface area contributed by atoms with Crippen molar-refractivity contribution in [2.45, 2.75) is 18.6 Å². The molecule has 0 radical (unpaired) electrons. The number of aliphatic hydroxyl groups excluding tert-OH is 1. The van der Waals surface area contributed by atoms with Crippen LogP contribution in [0.2, 0.25) is 0 Å². The third-order valence-corrected chi connectivity index (χ3v) is 7.20. The third kappa shape index (κ3) is 3.25. The van der Waals surface area contributed by atoms with Crippen molar-refractivity contribution in [2.24, 2.45) is 0 Å². The van der Waals surface area contributed by atoms with E-state index >= 15 is 0 Å². The smallest absolute Gasteiger partial charge is 0.226 e. The zero-order valence-corrected chi connectivity index (χ0v) is 16.0. The molecule has 0 heterocycles. The molecule has 0 aliphatic heterocycles. The number of benzene rings is 2. The molecule has 0 bridgehead atoms. The highest BCUT2D eigenvalue weighted by molar-refractivity contribution is 6.78. The van der Waals surface area contributed by atoms with Crippen LogP contribution in [-0.2, 0) is 0 Å². The van der Waals surface area contributed by atoms with E-state index in [4.69, 9.17) is 81.2 Å².